The van der Waals surface area contributed by atoms with Gasteiger partial charge in [0.1, 0.15) is 6.10 Å². The molecular weight excluding hydrogens is 392 g/mol. The Kier molecular flexibility index (Phi) is 6.74. The third-order valence-electron chi connectivity index (χ3n) is 10.9. The molecule has 0 aromatic heterocycles. The second-order valence-electron chi connectivity index (χ2n) is 12.8. The van der Waals surface area contributed by atoms with E-state index < -0.39 is 0 Å². The summed E-state index contributed by atoms with van der Waals surface area (Å²) in [5.41, 5.74) is 4.03. The summed E-state index contributed by atoms with van der Waals surface area (Å²) in [5, 5.41) is 0. The van der Waals surface area contributed by atoms with Crippen molar-refractivity contribution in [1.29, 1.82) is 0 Å². The van der Waals surface area contributed by atoms with Crippen molar-refractivity contribution in [2.45, 2.75) is 112 Å². The van der Waals surface area contributed by atoms with E-state index in [1.54, 1.807) is 18.1 Å². The van der Waals surface area contributed by atoms with E-state index in [-0.39, 0.29) is 12.1 Å². The van der Waals surface area contributed by atoms with Crippen molar-refractivity contribution in [2.75, 3.05) is 0 Å². The monoisotopic (exact) mass is 440 g/mol. The van der Waals surface area contributed by atoms with Gasteiger partial charge in [-0.1, -0.05) is 57.9 Å². The molecule has 0 aliphatic heterocycles. The van der Waals surface area contributed by atoms with Gasteiger partial charge in [-0.25, -0.2) is 0 Å². The van der Waals surface area contributed by atoms with Crippen LogP contribution in [-0.4, -0.2) is 12.1 Å². The van der Waals surface area contributed by atoms with E-state index in [0.29, 0.717) is 16.7 Å². The molecule has 0 aromatic rings. The highest BCUT2D eigenvalue weighted by Gasteiger charge is 2.59. The van der Waals surface area contributed by atoms with Crippen LogP contribution in [-0.2, 0) is 9.53 Å². The molecule has 0 amide bonds. The fourth-order valence-electron chi connectivity index (χ4n) is 8.71. The van der Waals surface area contributed by atoms with Gasteiger partial charge < -0.3 is 4.74 Å². The lowest BCUT2D eigenvalue weighted by Gasteiger charge is -2.58. The Morgan fingerprint density at radius 2 is 1.84 bits per heavy atom. The van der Waals surface area contributed by atoms with Crippen LogP contribution in [0, 0.1) is 46.3 Å². The van der Waals surface area contributed by atoms with Crippen molar-refractivity contribution >= 4 is 5.97 Å². The fourth-order valence-corrected chi connectivity index (χ4v) is 8.71. The number of ether oxygens (including phenoxy) is 1. The number of rotatable bonds is 5. The standard InChI is InChI=1S/C30H48O2/c1-19(2)20(3)8-9-21(4)26-12-13-27-25-11-10-23-18-24(32-22(5)31)14-16-29(23,6)28(25)15-17-30(26,27)7/h8,10,19,21,24-28H,9,11-18H2,1-7H3/b20-8-/t21-,24-,25?,26?,27?,28?,29-,30+/m0/s1. The van der Waals surface area contributed by atoms with Crippen LogP contribution in [0.2, 0.25) is 0 Å². The van der Waals surface area contributed by atoms with E-state index in [9.17, 15) is 4.79 Å². The van der Waals surface area contributed by atoms with Gasteiger partial charge >= 0.3 is 5.97 Å². The van der Waals surface area contributed by atoms with Crippen LogP contribution < -0.4 is 0 Å². The van der Waals surface area contributed by atoms with Crippen molar-refractivity contribution < 1.29 is 9.53 Å². The van der Waals surface area contributed by atoms with E-state index in [4.69, 9.17) is 4.74 Å². The molecular formula is C30H48O2. The average Bonchev–Trinajstić information content (AvgIpc) is 3.08. The van der Waals surface area contributed by atoms with Crippen molar-refractivity contribution in [1.82, 2.24) is 0 Å². The Labute approximate surface area is 197 Å². The minimum atomic E-state index is -0.120. The normalized spacial score (nSPS) is 42.6. The van der Waals surface area contributed by atoms with Crippen LogP contribution in [0.3, 0.4) is 0 Å². The SMILES string of the molecule is CC(=O)O[C@H]1CC[C@@]2(C)C(=CCC3C4CCC([C@@H](C)C/C=C(/C)C(C)C)[C@@]4(C)CCC32)C1. The van der Waals surface area contributed by atoms with Gasteiger partial charge in [-0.15, -0.1) is 0 Å². The molecule has 4 unspecified atom stereocenters. The maximum Gasteiger partial charge on any atom is 0.302 e. The molecule has 4 rings (SSSR count). The van der Waals surface area contributed by atoms with Gasteiger partial charge in [0.05, 0.1) is 0 Å². The molecule has 0 spiro atoms. The first-order valence-corrected chi connectivity index (χ1v) is 13.6. The van der Waals surface area contributed by atoms with E-state index in [0.717, 1.165) is 42.4 Å². The molecule has 0 heterocycles. The molecule has 0 radical (unpaired) electrons. The highest BCUT2D eigenvalue weighted by atomic mass is 16.5. The molecule has 0 saturated heterocycles. The Morgan fingerprint density at radius 3 is 2.53 bits per heavy atom. The molecule has 4 aliphatic carbocycles. The second kappa shape index (κ2) is 8.95. The highest BCUT2D eigenvalue weighted by Crippen LogP contribution is 2.67. The summed E-state index contributed by atoms with van der Waals surface area (Å²) in [7, 11) is 0. The van der Waals surface area contributed by atoms with Crippen molar-refractivity contribution in [2.24, 2.45) is 46.3 Å². The van der Waals surface area contributed by atoms with Crippen LogP contribution in [0.1, 0.15) is 106 Å². The van der Waals surface area contributed by atoms with E-state index in [1.165, 1.54) is 44.9 Å². The predicted octanol–water partition coefficient (Wildman–Crippen LogP) is 8.13. The summed E-state index contributed by atoms with van der Waals surface area (Å²) in [6.07, 6.45) is 16.6. The quantitative estimate of drug-likeness (QED) is 0.318. The van der Waals surface area contributed by atoms with Crippen LogP contribution >= 0.6 is 0 Å². The number of carbonyl (C=O) groups is 1. The van der Waals surface area contributed by atoms with Gasteiger partial charge in [0.15, 0.2) is 0 Å². The first kappa shape index (κ1) is 24.1. The second-order valence-corrected chi connectivity index (χ2v) is 12.8. The molecule has 0 bridgehead atoms. The van der Waals surface area contributed by atoms with Crippen molar-refractivity contribution in [3.63, 3.8) is 0 Å². The topological polar surface area (TPSA) is 26.3 Å². The first-order valence-electron chi connectivity index (χ1n) is 13.6. The van der Waals surface area contributed by atoms with Gasteiger partial charge in [-0.3, -0.25) is 4.79 Å². The maximum atomic E-state index is 11.5. The van der Waals surface area contributed by atoms with Gasteiger partial charge in [0, 0.05) is 13.3 Å². The summed E-state index contributed by atoms with van der Waals surface area (Å²) < 4.78 is 5.62. The van der Waals surface area contributed by atoms with Gasteiger partial charge in [-0.05, 0) is 105 Å². The first-order chi connectivity index (χ1) is 15.1. The number of carbonyl (C=O) groups excluding carboxylic acids is 1. The molecule has 3 fully saturated rings. The summed E-state index contributed by atoms with van der Waals surface area (Å²) in [4.78, 5) is 11.5. The Balaban J connectivity index is 1.49. The highest BCUT2D eigenvalue weighted by molar-refractivity contribution is 5.66. The number of esters is 1. The Hall–Kier alpha value is -1.05. The number of hydrogen-bond donors (Lipinski definition) is 0. The molecule has 0 aromatic carbocycles. The zero-order chi connectivity index (χ0) is 23.3. The zero-order valence-electron chi connectivity index (χ0n) is 21.9. The lowest BCUT2D eigenvalue weighted by molar-refractivity contribution is -0.148. The maximum absolute atomic E-state index is 11.5. The van der Waals surface area contributed by atoms with Crippen LogP contribution in [0.5, 0.6) is 0 Å². The number of hydrogen-bond acceptors (Lipinski definition) is 2. The Bertz CT molecular complexity index is 776. The van der Waals surface area contributed by atoms with Gasteiger partial charge in [-0.2, -0.15) is 0 Å². The zero-order valence-corrected chi connectivity index (χ0v) is 21.9. The summed E-state index contributed by atoms with van der Waals surface area (Å²) in [6.45, 7) is 16.2. The summed E-state index contributed by atoms with van der Waals surface area (Å²) in [5.74, 6) is 4.80. The molecule has 0 N–H and O–H groups in total. The summed E-state index contributed by atoms with van der Waals surface area (Å²) >= 11 is 0. The largest absolute Gasteiger partial charge is 0.462 e. The third-order valence-corrected chi connectivity index (χ3v) is 10.9. The molecule has 2 nitrogen and oxygen atoms in total. The minimum absolute atomic E-state index is 0.108. The Morgan fingerprint density at radius 1 is 1.09 bits per heavy atom. The number of allylic oxidation sites excluding steroid dienone is 3. The molecule has 180 valence electrons. The van der Waals surface area contributed by atoms with Gasteiger partial charge in [0.2, 0.25) is 0 Å². The predicted molar refractivity (Wildman–Crippen MR) is 133 cm³/mol. The van der Waals surface area contributed by atoms with Crippen LogP contribution in [0.15, 0.2) is 23.3 Å². The lowest BCUT2D eigenvalue weighted by atomic mass is 9.47. The minimum Gasteiger partial charge on any atom is -0.462 e. The lowest BCUT2D eigenvalue weighted by Crippen LogP contribution is -2.51. The van der Waals surface area contributed by atoms with Crippen LogP contribution in [0.25, 0.3) is 0 Å². The summed E-state index contributed by atoms with van der Waals surface area (Å²) in [6, 6.07) is 0. The van der Waals surface area contributed by atoms with Crippen molar-refractivity contribution in [3.8, 4) is 0 Å². The molecule has 4 aliphatic rings. The van der Waals surface area contributed by atoms with Crippen LogP contribution in [0.4, 0.5) is 0 Å². The third kappa shape index (κ3) is 4.14. The smallest absolute Gasteiger partial charge is 0.302 e. The number of fused-ring (bicyclic) bond motifs is 5. The fraction of sp³-hybridized carbons (Fsp3) is 0.833. The molecule has 3 saturated carbocycles. The van der Waals surface area contributed by atoms with Gasteiger partial charge in [0.25, 0.3) is 0 Å². The average molecular weight is 441 g/mol. The molecule has 2 heteroatoms. The van der Waals surface area contributed by atoms with E-state index >= 15 is 0 Å². The molecule has 8 atom stereocenters. The van der Waals surface area contributed by atoms with E-state index in [1.807, 2.05) is 0 Å². The molecule has 32 heavy (non-hydrogen) atoms. The van der Waals surface area contributed by atoms with E-state index in [2.05, 4.69) is 53.7 Å². The van der Waals surface area contributed by atoms with Crippen molar-refractivity contribution in [3.05, 3.63) is 23.3 Å².